The minimum Gasteiger partial charge on any atom is -0.486 e. The van der Waals surface area contributed by atoms with E-state index < -0.39 is 0 Å². The van der Waals surface area contributed by atoms with Crippen LogP contribution in [0, 0.1) is 0 Å². The highest BCUT2D eigenvalue weighted by atomic mass is 16.6. The monoisotopic (exact) mass is 433 g/mol. The summed E-state index contributed by atoms with van der Waals surface area (Å²) in [5.74, 6) is 1.77. The van der Waals surface area contributed by atoms with Crippen LogP contribution in [-0.2, 0) is 19.5 Å². The van der Waals surface area contributed by atoms with Gasteiger partial charge in [0.2, 0.25) is 0 Å². The van der Waals surface area contributed by atoms with Crippen molar-refractivity contribution < 1.29 is 9.47 Å². The number of rotatable bonds is 4. The van der Waals surface area contributed by atoms with Gasteiger partial charge in [-0.1, -0.05) is 12.1 Å². The minimum absolute atomic E-state index is 0.644. The Morgan fingerprint density at radius 1 is 0.906 bits per heavy atom. The number of hydrogen-bond donors (Lipinski definition) is 0. The maximum absolute atomic E-state index is 5.77. The summed E-state index contributed by atoms with van der Waals surface area (Å²) in [6.07, 6.45) is 5.19. The van der Waals surface area contributed by atoms with Crippen LogP contribution in [0.4, 0.5) is 5.69 Å². The second-order valence-corrected chi connectivity index (χ2v) is 10.0. The maximum Gasteiger partial charge on any atom is 0.161 e. The molecule has 4 heterocycles. The highest BCUT2D eigenvalue weighted by Crippen LogP contribution is 2.33. The molecule has 2 fully saturated rings. The molecule has 4 aliphatic heterocycles. The van der Waals surface area contributed by atoms with Gasteiger partial charge >= 0.3 is 0 Å². The molecule has 5 heteroatoms. The van der Waals surface area contributed by atoms with Crippen LogP contribution in [0.25, 0.3) is 0 Å². The Labute approximate surface area is 191 Å². The molecule has 0 saturated carbocycles. The van der Waals surface area contributed by atoms with Gasteiger partial charge in [-0.05, 0) is 80.1 Å². The number of ether oxygens (including phenoxy) is 2. The lowest BCUT2D eigenvalue weighted by Gasteiger charge is -2.31. The van der Waals surface area contributed by atoms with Crippen molar-refractivity contribution in [3.8, 4) is 11.5 Å². The van der Waals surface area contributed by atoms with Crippen molar-refractivity contribution in [1.29, 1.82) is 0 Å². The first-order chi connectivity index (χ1) is 15.7. The highest BCUT2D eigenvalue weighted by molar-refractivity contribution is 5.53. The van der Waals surface area contributed by atoms with Crippen molar-refractivity contribution in [3.63, 3.8) is 0 Å². The quantitative estimate of drug-likeness (QED) is 0.725. The topological polar surface area (TPSA) is 28.2 Å². The molecule has 2 atom stereocenters. The molecule has 2 aromatic carbocycles. The largest absolute Gasteiger partial charge is 0.486 e. The van der Waals surface area contributed by atoms with Crippen LogP contribution in [-0.4, -0.2) is 61.3 Å². The molecule has 0 spiro atoms. The standard InChI is InChI=1S/C27H35N3O2/c1-20-3-2-10-30(20)25-9-12-29(19-25)24-6-5-23-18-28(11-8-22(23)16-24)17-21-4-7-26-27(15-21)32-14-13-31-26/h4-7,15-16,20,25H,2-3,8-14,17-19H2,1H3/t20-,25-/m0/s1. The predicted molar refractivity (Wildman–Crippen MR) is 128 cm³/mol. The van der Waals surface area contributed by atoms with Crippen LogP contribution in [0.15, 0.2) is 36.4 Å². The first-order valence-electron chi connectivity index (χ1n) is 12.5. The van der Waals surface area contributed by atoms with Crippen LogP contribution in [0.1, 0.15) is 42.9 Å². The zero-order chi connectivity index (χ0) is 21.5. The van der Waals surface area contributed by atoms with E-state index in [1.807, 2.05) is 0 Å². The van der Waals surface area contributed by atoms with Crippen molar-refractivity contribution in [2.45, 2.75) is 57.8 Å². The van der Waals surface area contributed by atoms with E-state index in [2.05, 4.69) is 58.0 Å². The van der Waals surface area contributed by atoms with Crippen molar-refractivity contribution in [1.82, 2.24) is 9.80 Å². The molecule has 32 heavy (non-hydrogen) atoms. The molecule has 4 aliphatic rings. The van der Waals surface area contributed by atoms with Gasteiger partial charge < -0.3 is 14.4 Å². The number of anilines is 1. The Morgan fingerprint density at radius 3 is 2.69 bits per heavy atom. The Balaban J connectivity index is 1.10. The van der Waals surface area contributed by atoms with Crippen molar-refractivity contribution >= 4 is 5.69 Å². The van der Waals surface area contributed by atoms with Crippen molar-refractivity contribution in [2.24, 2.45) is 0 Å². The van der Waals surface area contributed by atoms with E-state index in [0.29, 0.717) is 13.2 Å². The van der Waals surface area contributed by atoms with Crippen molar-refractivity contribution in [2.75, 3.05) is 44.3 Å². The fraction of sp³-hybridized carbons (Fsp3) is 0.556. The summed E-state index contributed by atoms with van der Waals surface area (Å²) in [6, 6.07) is 15.1. The number of nitrogens with zero attached hydrogens (tertiary/aromatic N) is 3. The Kier molecular flexibility index (Phi) is 5.48. The summed E-state index contributed by atoms with van der Waals surface area (Å²) in [5.41, 5.74) is 5.76. The van der Waals surface area contributed by atoms with E-state index in [1.54, 1.807) is 5.56 Å². The summed E-state index contributed by atoms with van der Waals surface area (Å²) in [4.78, 5) is 7.93. The number of likely N-dealkylation sites (tertiary alicyclic amines) is 1. The first-order valence-corrected chi connectivity index (χ1v) is 12.5. The molecule has 2 saturated heterocycles. The lowest BCUT2D eigenvalue weighted by atomic mass is 9.98. The third-order valence-corrected chi connectivity index (χ3v) is 7.90. The van der Waals surface area contributed by atoms with Gasteiger partial charge in [-0.25, -0.2) is 0 Å². The average Bonchev–Trinajstić information content (AvgIpc) is 3.47. The molecule has 0 radical (unpaired) electrons. The Hall–Kier alpha value is -2.24. The third-order valence-electron chi connectivity index (χ3n) is 7.90. The van der Waals surface area contributed by atoms with E-state index >= 15 is 0 Å². The summed E-state index contributed by atoms with van der Waals surface area (Å²) in [7, 11) is 0. The van der Waals surface area contributed by atoms with E-state index in [9.17, 15) is 0 Å². The van der Waals surface area contributed by atoms with Gasteiger partial charge in [-0.3, -0.25) is 9.80 Å². The molecule has 0 amide bonds. The minimum atomic E-state index is 0.644. The summed E-state index contributed by atoms with van der Waals surface area (Å²) < 4.78 is 11.4. The predicted octanol–water partition coefficient (Wildman–Crippen LogP) is 4.08. The van der Waals surface area contributed by atoms with Gasteiger partial charge in [0.05, 0.1) is 0 Å². The zero-order valence-electron chi connectivity index (χ0n) is 19.3. The lowest BCUT2D eigenvalue weighted by Crippen LogP contribution is -2.39. The normalized spacial score (nSPS) is 25.8. The third kappa shape index (κ3) is 3.97. The SMILES string of the molecule is C[C@H]1CCCN1[C@H]1CCN(c2ccc3c(c2)CCN(Cc2ccc4c(c2)OCCO4)C3)C1. The molecule has 2 aromatic rings. The van der Waals surface area contributed by atoms with Crippen LogP contribution in [0.5, 0.6) is 11.5 Å². The van der Waals surface area contributed by atoms with Crippen LogP contribution >= 0.6 is 0 Å². The lowest BCUT2D eigenvalue weighted by molar-refractivity contribution is 0.171. The van der Waals surface area contributed by atoms with E-state index in [4.69, 9.17) is 9.47 Å². The number of benzene rings is 2. The van der Waals surface area contributed by atoms with Gasteiger partial charge in [-0.15, -0.1) is 0 Å². The van der Waals surface area contributed by atoms with Crippen molar-refractivity contribution in [3.05, 3.63) is 53.1 Å². The molecule has 6 rings (SSSR count). The number of hydrogen-bond acceptors (Lipinski definition) is 5. The summed E-state index contributed by atoms with van der Waals surface area (Å²) in [5, 5.41) is 0. The van der Waals surface area contributed by atoms with Crippen LogP contribution < -0.4 is 14.4 Å². The fourth-order valence-electron chi connectivity index (χ4n) is 6.12. The Bertz CT molecular complexity index is 977. The van der Waals surface area contributed by atoms with Gasteiger partial charge in [0.1, 0.15) is 13.2 Å². The average molecular weight is 434 g/mol. The van der Waals surface area contributed by atoms with Crippen LogP contribution in [0.2, 0.25) is 0 Å². The highest BCUT2D eigenvalue weighted by Gasteiger charge is 2.33. The summed E-state index contributed by atoms with van der Waals surface area (Å²) in [6.45, 7) is 10.5. The molecule has 0 aliphatic carbocycles. The van der Waals surface area contributed by atoms with E-state index in [1.165, 1.54) is 55.7 Å². The first kappa shape index (κ1) is 20.4. The van der Waals surface area contributed by atoms with Gasteiger partial charge in [0.25, 0.3) is 0 Å². The molecule has 0 N–H and O–H groups in total. The molecular weight excluding hydrogens is 398 g/mol. The zero-order valence-corrected chi connectivity index (χ0v) is 19.3. The molecule has 0 unspecified atom stereocenters. The Morgan fingerprint density at radius 2 is 1.81 bits per heavy atom. The van der Waals surface area contributed by atoms with Crippen LogP contribution in [0.3, 0.4) is 0 Å². The van der Waals surface area contributed by atoms with Gasteiger partial charge in [0.15, 0.2) is 11.5 Å². The number of fused-ring (bicyclic) bond motifs is 2. The second kappa shape index (κ2) is 8.60. The molecule has 0 bridgehead atoms. The smallest absolute Gasteiger partial charge is 0.161 e. The fourth-order valence-corrected chi connectivity index (χ4v) is 6.12. The summed E-state index contributed by atoms with van der Waals surface area (Å²) >= 11 is 0. The molecule has 170 valence electrons. The van der Waals surface area contributed by atoms with Gasteiger partial charge in [0, 0.05) is 50.5 Å². The molecule has 0 aromatic heterocycles. The van der Waals surface area contributed by atoms with Gasteiger partial charge in [-0.2, -0.15) is 0 Å². The maximum atomic E-state index is 5.77. The molecular formula is C27H35N3O2. The second-order valence-electron chi connectivity index (χ2n) is 10.0. The molecule has 5 nitrogen and oxygen atoms in total. The van der Waals surface area contributed by atoms with E-state index in [0.717, 1.165) is 49.6 Å². The van der Waals surface area contributed by atoms with E-state index in [-0.39, 0.29) is 0 Å².